The van der Waals surface area contributed by atoms with Gasteiger partial charge < -0.3 is 4.74 Å². The summed E-state index contributed by atoms with van der Waals surface area (Å²) >= 11 is 0. The molecule has 0 spiro atoms. The first-order valence-electron chi connectivity index (χ1n) is 7.09. The van der Waals surface area contributed by atoms with E-state index >= 15 is 0 Å². The molecule has 0 fully saturated rings. The molecular weight excluding hydrogens is 305 g/mol. The Morgan fingerprint density at radius 1 is 1.52 bits per heavy atom. The van der Waals surface area contributed by atoms with E-state index in [1.54, 1.807) is 32.9 Å². The third-order valence-corrected chi connectivity index (χ3v) is 3.21. The second kappa shape index (κ2) is 6.31. The summed E-state index contributed by atoms with van der Waals surface area (Å²) in [7, 11) is 0. The lowest BCUT2D eigenvalue weighted by Crippen LogP contribution is -2.47. The molecule has 1 aliphatic rings. The summed E-state index contributed by atoms with van der Waals surface area (Å²) in [5.41, 5.74) is -0.368. The molecule has 1 aromatic heterocycles. The number of rotatable bonds is 2. The number of nitrogens with zero attached hydrogens (tertiary/aromatic N) is 3. The molecule has 0 radical (unpaired) electrons. The first kappa shape index (κ1) is 16.9. The molecule has 0 N–H and O–H groups in total. The van der Waals surface area contributed by atoms with Crippen LogP contribution >= 0.6 is 0 Å². The number of carbonyl (C=O) groups excluding carboxylic acids is 1. The van der Waals surface area contributed by atoms with Crippen LogP contribution in [0.25, 0.3) is 0 Å². The number of amides is 1. The highest BCUT2D eigenvalue weighted by Crippen LogP contribution is 2.34. The summed E-state index contributed by atoms with van der Waals surface area (Å²) in [5.74, 6) is -0.767. The van der Waals surface area contributed by atoms with Gasteiger partial charge in [-0.05, 0) is 32.4 Å². The van der Waals surface area contributed by atoms with Crippen LogP contribution in [0.5, 0.6) is 0 Å². The third-order valence-electron chi connectivity index (χ3n) is 3.21. The van der Waals surface area contributed by atoms with Crippen molar-refractivity contribution in [1.29, 1.82) is 0 Å². The van der Waals surface area contributed by atoms with Gasteiger partial charge in [0.2, 0.25) is 0 Å². The highest BCUT2D eigenvalue weighted by atomic mass is 19.1. The van der Waals surface area contributed by atoms with Gasteiger partial charge in [-0.25, -0.2) is 9.18 Å². The minimum absolute atomic E-state index is 0.269. The van der Waals surface area contributed by atoms with Gasteiger partial charge in [-0.15, -0.1) is 0 Å². The third kappa shape index (κ3) is 4.02. The SMILES string of the molecule is CC(C)(C)OC(=O)N1CC([N+](=O)[O-])C=C(F)C1c1cccnc1. The van der Waals surface area contributed by atoms with Gasteiger partial charge in [0.05, 0.1) is 6.54 Å². The summed E-state index contributed by atoms with van der Waals surface area (Å²) in [6.07, 6.45) is 3.06. The molecule has 8 heteroatoms. The number of hydrogen-bond donors (Lipinski definition) is 0. The number of ether oxygens (including phenoxy) is 1. The maximum Gasteiger partial charge on any atom is 0.411 e. The fraction of sp³-hybridized carbons (Fsp3) is 0.467. The average Bonchev–Trinajstić information content (AvgIpc) is 2.45. The summed E-state index contributed by atoms with van der Waals surface area (Å²) in [4.78, 5) is 27.7. The van der Waals surface area contributed by atoms with Gasteiger partial charge in [0.1, 0.15) is 17.5 Å². The second-order valence-corrected chi connectivity index (χ2v) is 6.23. The van der Waals surface area contributed by atoms with E-state index < -0.39 is 34.5 Å². The van der Waals surface area contributed by atoms with Crippen LogP contribution in [0.15, 0.2) is 36.4 Å². The molecule has 2 heterocycles. The number of halogens is 1. The Morgan fingerprint density at radius 3 is 2.74 bits per heavy atom. The molecule has 1 aromatic rings. The number of hydrogen-bond acceptors (Lipinski definition) is 5. The summed E-state index contributed by atoms with van der Waals surface area (Å²) in [6, 6.07) is 0.829. The van der Waals surface area contributed by atoms with Crippen molar-refractivity contribution in [3.63, 3.8) is 0 Å². The summed E-state index contributed by atoms with van der Waals surface area (Å²) in [6.45, 7) is 4.75. The lowest BCUT2D eigenvalue weighted by Gasteiger charge is -2.35. The number of aromatic nitrogens is 1. The molecule has 2 rings (SSSR count). The predicted molar refractivity (Wildman–Crippen MR) is 79.9 cm³/mol. The standard InChI is InChI=1S/C15H18FN3O4/c1-15(2,3)23-14(20)18-9-11(19(21)22)7-12(16)13(18)10-5-4-6-17-8-10/h4-8,11,13H,9H2,1-3H3. The average molecular weight is 323 g/mol. The Labute approximate surface area is 132 Å². The van der Waals surface area contributed by atoms with Crippen LogP contribution < -0.4 is 0 Å². The number of nitro groups is 1. The minimum atomic E-state index is -1.31. The van der Waals surface area contributed by atoms with Crippen LogP contribution in [0.1, 0.15) is 32.4 Å². The van der Waals surface area contributed by atoms with Crippen molar-refractivity contribution >= 4 is 6.09 Å². The first-order chi connectivity index (χ1) is 10.7. The van der Waals surface area contributed by atoms with Crippen LogP contribution in [0.3, 0.4) is 0 Å². The molecule has 1 aliphatic heterocycles. The molecule has 2 atom stereocenters. The molecule has 124 valence electrons. The normalized spacial score (nSPS) is 21.6. The van der Waals surface area contributed by atoms with E-state index in [0.717, 1.165) is 11.0 Å². The van der Waals surface area contributed by atoms with Crippen LogP contribution in [-0.4, -0.2) is 39.1 Å². The Bertz CT molecular complexity index is 627. The second-order valence-electron chi connectivity index (χ2n) is 6.23. The maximum absolute atomic E-state index is 14.5. The van der Waals surface area contributed by atoms with Crippen molar-refractivity contribution in [2.24, 2.45) is 0 Å². The Morgan fingerprint density at radius 2 is 2.22 bits per heavy atom. The highest BCUT2D eigenvalue weighted by Gasteiger charge is 2.41. The maximum atomic E-state index is 14.5. The minimum Gasteiger partial charge on any atom is -0.444 e. The molecular formula is C15H18FN3O4. The van der Waals surface area contributed by atoms with E-state index in [9.17, 15) is 19.3 Å². The molecule has 0 aliphatic carbocycles. The van der Waals surface area contributed by atoms with Crippen molar-refractivity contribution in [2.45, 2.75) is 38.5 Å². The molecule has 1 amide bonds. The van der Waals surface area contributed by atoms with Gasteiger partial charge in [0.15, 0.2) is 0 Å². The van der Waals surface area contributed by atoms with Crippen molar-refractivity contribution < 1.29 is 18.8 Å². The fourth-order valence-electron chi connectivity index (χ4n) is 2.29. The van der Waals surface area contributed by atoms with Crippen LogP contribution in [0.2, 0.25) is 0 Å². The monoisotopic (exact) mass is 323 g/mol. The van der Waals surface area contributed by atoms with Crippen molar-refractivity contribution in [2.75, 3.05) is 6.54 Å². The van der Waals surface area contributed by atoms with Gasteiger partial charge in [0, 0.05) is 23.4 Å². The Balaban J connectivity index is 2.39. The van der Waals surface area contributed by atoms with Gasteiger partial charge in [0.25, 0.3) is 6.04 Å². The molecule has 0 saturated carbocycles. The van der Waals surface area contributed by atoms with E-state index in [-0.39, 0.29) is 6.54 Å². The van der Waals surface area contributed by atoms with Gasteiger partial charge in [-0.2, -0.15) is 0 Å². The van der Waals surface area contributed by atoms with Crippen LogP contribution in [-0.2, 0) is 4.74 Å². The molecule has 0 bridgehead atoms. The number of carbonyl (C=O) groups is 1. The number of pyridine rings is 1. The van der Waals surface area contributed by atoms with Crippen molar-refractivity contribution in [1.82, 2.24) is 9.88 Å². The van der Waals surface area contributed by atoms with Crippen molar-refractivity contribution in [3.05, 3.63) is 52.1 Å². The topological polar surface area (TPSA) is 85.6 Å². The zero-order valence-electron chi connectivity index (χ0n) is 13.1. The van der Waals surface area contributed by atoms with Crippen LogP contribution in [0, 0.1) is 10.1 Å². The molecule has 23 heavy (non-hydrogen) atoms. The summed E-state index contributed by atoms with van der Waals surface area (Å²) in [5, 5.41) is 11.0. The molecule has 2 unspecified atom stereocenters. The van der Waals surface area contributed by atoms with E-state index in [2.05, 4.69) is 4.98 Å². The Hall–Kier alpha value is -2.51. The largest absolute Gasteiger partial charge is 0.444 e. The predicted octanol–water partition coefficient (Wildman–Crippen LogP) is 2.87. The zero-order valence-corrected chi connectivity index (χ0v) is 13.1. The van der Waals surface area contributed by atoms with Crippen molar-refractivity contribution in [3.8, 4) is 0 Å². The Kier molecular flexibility index (Phi) is 4.63. The van der Waals surface area contributed by atoms with E-state index in [1.165, 1.54) is 12.4 Å². The van der Waals surface area contributed by atoms with Gasteiger partial charge >= 0.3 is 6.09 Å². The lowest BCUT2D eigenvalue weighted by molar-refractivity contribution is -0.510. The molecule has 0 aromatic carbocycles. The van der Waals surface area contributed by atoms with E-state index in [1.807, 2.05) is 0 Å². The van der Waals surface area contributed by atoms with E-state index in [4.69, 9.17) is 4.74 Å². The molecule has 7 nitrogen and oxygen atoms in total. The first-order valence-corrected chi connectivity index (χ1v) is 7.09. The quantitative estimate of drug-likeness (QED) is 0.617. The van der Waals surface area contributed by atoms with Gasteiger partial charge in [-0.1, -0.05) is 6.07 Å². The smallest absolute Gasteiger partial charge is 0.411 e. The molecule has 0 saturated heterocycles. The zero-order chi connectivity index (χ0) is 17.2. The van der Waals surface area contributed by atoms with Crippen LogP contribution in [0.4, 0.5) is 9.18 Å². The fourth-order valence-corrected chi connectivity index (χ4v) is 2.29. The summed E-state index contributed by atoms with van der Waals surface area (Å²) < 4.78 is 19.7. The highest BCUT2D eigenvalue weighted by molar-refractivity contribution is 5.70. The van der Waals surface area contributed by atoms with E-state index in [0.29, 0.717) is 5.56 Å². The van der Waals surface area contributed by atoms with Gasteiger partial charge in [-0.3, -0.25) is 20.0 Å². The lowest BCUT2D eigenvalue weighted by atomic mass is 10.00.